The summed E-state index contributed by atoms with van der Waals surface area (Å²) < 4.78 is 0. The Morgan fingerprint density at radius 1 is 1.19 bits per heavy atom. The molecule has 0 aliphatic rings. The predicted octanol–water partition coefficient (Wildman–Crippen LogP) is 3.61. The van der Waals surface area contributed by atoms with Gasteiger partial charge in [0.2, 0.25) is 0 Å². The van der Waals surface area contributed by atoms with Crippen LogP contribution in [0.3, 0.4) is 0 Å². The number of hydrogen-bond donors (Lipinski definition) is 1. The molecule has 2 heterocycles. The first-order valence-corrected chi connectivity index (χ1v) is 7.87. The van der Waals surface area contributed by atoms with E-state index in [0.717, 1.165) is 22.6 Å². The minimum Gasteiger partial charge on any atom is -0.383 e. The third-order valence-electron chi connectivity index (χ3n) is 3.57. The van der Waals surface area contributed by atoms with Crippen LogP contribution in [0.4, 0.5) is 11.5 Å². The highest BCUT2D eigenvalue weighted by molar-refractivity contribution is 7.16. The van der Waals surface area contributed by atoms with Gasteiger partial charge in [0.15, 0.2) is 5.82 Å². The molecule has 0 amide bonds. The van der Waals surface area contributed by atoms with Crippen LogP contribution in [0.1, 0.15) is 18.3 Å². The van der Waals surface area contributed by atoms with Crippen molar-refractivity contribution in [2.45, 2.75) is 20.4 Å². The molecule has 108 valence electrons. The van der Waals surface area contributed by atoms with Crippen molar-refractivity contribution in [2.24, 2.45) is 0 Å². The van der Waals surface area contributed by atoms with E-state index in [1.807, 2.05) is 11.4 Å². The average Bonchev–Trinajstić information content (AvgIpc) is 2.94. The van der Waals surface area contributed by atoms with Crippen molar-refractivity contribution in [3.8, 4) is 0 Å². The quantitative estimate of drug-likeness (QED) is 0.799. The summed E-state index contributed by atoms with van der Waals surface area (Å²) in [5.41, 5.74) is 8.49. The Hall–Kier alpha value is -2.14. The zero-order valence-electron chi connectivity index (χ0n) is 12.2. The van der Waals surface area contributed by atoms with Gasteiger partial charge in [-0.3, -0.25) is 0 Å². The first kappa shape index (κ1) is 13.8. The molecule has 0 radical (unpaired) electrons. The zero-order valence-corrected chi connectivity index (χ0v) is 13.0. The van der Waals surface area contributed by atoms with Crippen LogP contribution < -0.4 is 10.6 Å². The fourth-order valence-corrected chi connectivity index (χ4v) is 3.24. The molecule has 3 aromatic rings. The summed E-state index contributed by atoms with van der Waals surface area (Å²) in [4.78, 5) is 12.3. The van der Waals surface area contributed by atoms with E-state index < -0.39 is 0 Å². The van der Waals surface area contributed by atoms with Gasteiger partial charge in [-0.1, -0.05) is 18.2 Å². The Morgan fingerprint density at radius 2 is 2.00 bits per heavy atom. The molecule has 0 saturated carbocycles. The van der Waals surface area contributed by atoms with Crippen LogP contribution in [0.2, 0.25) is 0 Å². The van der Waals surface area contributed by atoms with Gasteiger partial charge in [0, 0.05) is 12.2 Å². The zero-order chi connectivity index (χ0) is 14.8. The van der Waals surface area contributed by atoms with Crippen molar-refractivity contribution in [1.29, 1.82) is 0 Å². The van der Waals surface area contributed by atoms with E-state index in [4.69, 9.17) is 5.73 Å². The molecule has 1 aromatic carbocycles. The lowest BCUT2D eigenvalue weighted by molar-refractivity contribution is 0.785. The smallest absolute Gasteiger partial charge is 0.151 e. The van der Waals surface area contributed by atoms with Gasteiger partial charge < -0.3 is 10.6 Å². The maximum atomic E-state index is 6.02. The second-order valence-electron chi connectivity index (χ2n) is 4.97. The standard InChI is InChI=1S/C16H18N4S/c1-3-20(13-7-5-4-6-11(13)2)10-14-18-15(17)12-8-9-21-16(12)19-14/h4-9H,3,10H2,1-2H3,(H2,17,18,19). The molecular weight excluding hydrogens is 280 g/mol. The van der Waals surface area contributed by atoms with Gasteiger partial charge in [0.1, 0.15) is 10.6 Å². The summed E-state index contributed by atoms with van der Waals surface area (Å²) in [7, 11) is 0. The number of hydrogen-bond acceptors (Lipinski definition) is 5. The van der Waals surface area contributed by atoms with Gasteiger partial charge >= 0.3 is 0 Å². The molecule has 4 nitrogen and oxygen atoms in total. The van der Waals surface area contributed by atoms with Crippen LogP contribution >= 0.6 is 11.3 Å². The molecule has 0 spiro atoms. The number of nitrogens with two attached hydrogens (primary N) is 1. The van der Waals surface area contributed by atoms with E-state index in [-0.39, 0.29) is 0 Å². The Morgan fingerprint density at radius 3 is 2.76 bits per heavy atom. The molecule has 3 rings (SSSR count). The maximum absolute atomic E-state index is 6.02. The minimum absolute atomic E-state index is 0.567. The summed E-state index contributed by atoms with van der Waals surface area (Å²) >= 11 is 1.60. The van der Waals surface area contributed by atoms with Crippen LogP contribution in [0, 0.1) is 6.92 Å². The second kappa shape index (κ2) is 5.69. The Balaban J connectivity index is 1.94. The van der Waals surface area contributed by atoms with Gasteiger partial charge in [0.05, 0.1) is 11.9 Å². The van der Waals surface area contributed by atoms with Crippen LogP contribution in [-0.2, 0) is 6.54 Å². The highest BCUT2D eigenvalue weighted by Crippen LogP contribution is 2.25. The topological polar surface area (TPSA) is 55.0 Å². The van der Waals surface area contributed by atoms with Crippen molar-refractivity contribution in [1.82, 2.24) is 9.97 Å². The Labute approximate surface area is 128 Å². The van der Waals surface area contributed by atoms with Gasteiger partial charge in [-0.05, 0) is 36.9 Å². The number of fused-ring (bicyclic) bond motifs is 1. The average molecular weight is 298 g/mol. The Bertz CT molecular complexity index is 766. The van der Waals surface area contributed by atoms with E-state index >= 15 is 0 Å². The van der Waals surface area contributed by atoms with Gasteiger partial charge in [-0.25, -0.2) is 9.97 Å². The number of nitrogen functional groups attached to an aromatic ring is 1. The van der Waals surface area contributed by atoms with Gasteiger partial charge in [0.25, 0.3) is 0 Å². The lowest BCUT2D eigenvalue weighted by Gasteiger charge is -2.24. The largest absolute Gasteiger partial charge is 0.383 e. The molecule has 0 aliphatic heterocycles. The molecule has 2 aromatic heterocycles. The van der Waals surface area contributed by atoms with E-state index in [0.29, 0.717) is 12.4 Å². The number of benzene rings is 1. The first-order valence-electron chi connectivity index (χ1n) is 6.99. The van der Waals surface area contributed by atoms with Crippen molar-refractivity contribution in [3.05, 3.63) is 47.1 Å². The predicted molar refractivity (Wildman–Crippen MR) is 89.7 cm³/mol. The molecule has 0 aliphatic carbocycles. The van der Waals surface area contributed by atoms with Crippen LogP contribution in [0.15, 0.2) is 35.7 Å². The molecule has 0 fully saturated rings. The SMILES string of the molecule is CCN(Cc1nc(N)c2ccsc2n1)c1ccccc1C. The fraction of sp³-hybridized carbons (Fsp3) is 0.250. The number of aromatic nitrogens is 2. The summed E-state index contributed by atoms with van der Waals surface area (Å²) in [5, 5.41) is 2.95. The molecule has 0 bridgehead atoms. The van der Waals surface area contributed by atoms with Crippen molar-refractivity contribution >= 4 is 33.1 Å². The minimum atomic E-state index is 0.567. The highest BCUT2D eigenvalue weighted by atomic mass is 32.1. The number of nitrogens with zero attached hydrogens (tertiary/aromatic N) is 3. The molecule has 0 atom stereocenters. The molecule has 0 saturated heterocycles. The van der Waals surface area contributed by atoms with Gasteiger partial charge in [-0.2, -0.15) is 0 Å². The molecule has 5 heteroatoms. The molecule has 21 heavy (non-hydrogen) atoms. The van der Waals surface area contributed by atoms with Crippen molar-refractivity contribution in [2.75, 3.05) is 17.2 Å². The highest BCUT2D eigenvalue weighted by Gasteiger charge is 2.12. The van der Waals surface area contributed by atoms with Crippen LogP contribution in [-0.4, -0.2) is 16.5 Å². The third kappa shape index (κ3) is 2.69. The van der Waals surface area contributed by atoms with Crippen molar-refractivity contribution in [3.63, 3.8) is 0 Å². The third-order valence-corrected chi connectivity index (χ3v) is 4.38. The molecule has 2 N–H and O–H groups in total. The lowest BCUT2D eigenvalue weighted by atomic mass is 10.2. The number of rotatable bonds is 4. The normalized spacial score (nSPS) is 11.0. The second-order valence-corrected chi connectivity index (χ2v) is 5.86. The van der Waals surface area contributed by atoms with Gasteiger partial charge in [-0.15, -0.1) is 11.3 Å². The van der Waals surface area contributed by atoms with Crippen LogP contribution in [0.25, 0.3) is 10.2 Å². The Kier molecular flexibility index (Phi) is 3.75. The maximum Gasteiger partial charge on any atom is 0.151 e. The fourth-order valence-electron chi connectivity index (χ4n) is 2.45. The molecular formula is C16H18N4S. The summed E-state index contributed by atoms with van der Waals surface area (Å²) in [6, 6.07) is 10.3. The van der Waals surface area contributed by atoms with Crippen molar-refractivity contribution < 1.29 is 0 Å². The number of para-hydroxylation sites is 1. The number of thiophene rings is 1. The number of aryl methyl sites for hydroxylation is 1. The number of anilines is 2. The molecule has 0 unspecified atom stereocenters. The lowest BCUT2D eigenvalue weighted by Crippen LogP contribution is -2.24. The summed E-state index contributed by atoms with van der Waals surface area (Å²) in [5.74, 6) is 1.34. The van der Waals surface area contributed by atoms with Crippen LogP contribution in [0.5, 0.6) is 0 Å². The summed E-state index contributed by atoms with van der Waals surface area (Å²) in [6.45, 7) is 5.82. The van der Waals surface area contributed by atoms with E-state index in [2.05, 4.69) is 53.0 Å². The van der Waals surface area contributed by atoms with E-state index in [9.17, 15) is 0 Å². The summed E-state index contributed by atoms with van der Waals surface area (Å²) in [6.07, 6.45) is 0. The van der Waals surface area contributed by atoms with E-state index in [1.165, 1.54) is 11.3 Å². The monoisotopic (exact) mass is 298 g/mol. The first-order chi connectivity index (χ1) is 10.2. The van der Waals surface area contributed by atoms with E-state index in [1.54, 1.807) is 11.3 Å².